The van der Waals surface area contributed by atoms with Gasteiger partial charge in [0.2, 0.25) is 0 Å². The Morgan fingerprint density at radius 1 is 1.15 bits per heavy atom. The van der Waals surface area contributed by atoms with Crippen LogP contribution in [-0.4, -0.2) is 12.5 Å². The maximum absolute atomic E-state index is 11.9. The quantitative estimate of drug-likeness (QED) is 0.868. The Kier molecular flexibility index (Phi) is 5.32. The predicted molar refractivity (Wildman–Crippen MR) is 84.4 cm³/mol. The van der Waals surface area contributed by atoms with Crippen molar-refractivity contribution >= 4 is 27.5 Å². The summed E-state index contributed by atoms with van der Waals surface area (Å²) in [5, 5.41) is 4.92. The number of carbonyl (C=O) groups is 1. The second kappa shape index (κ2) is 7.22. The maximum Gasteiger partial charge on any atom is 0.279 e. The summed E-state index contributed by atoms with van der Waals surface area (Å²) in [5.74, 6) is 0.00936. The molecule has 0 bridgehead atoms. The summed E-state index contributed by atoms with van der Waals surface area (Å²) < 4.78 is 1.000. The molecule has 0 radical (unpaired) electrons. The van der Waals surface area contributed by atoms with Gasteiger partial charge in [-0.15, -0.1) is 0 Å². The molecule has 0 unspecified atom stereocenters. The van der Waals surface area contributed by atoms with E-state index in [4.69, 9.17) is 0 Å². The van der Waals surface area contributed by atoms with Gasteiger partial charge in [0.05, 0.1) is 0 Å². The number of nitrogens with two attached hydrogens (primary N) is 1. The fourth-order valence-corrected chi connectivity index (χ4v) is 2.19. The molecule has 0 heterocycles. The van der Waals surface area contributed by atoms with Gasteiger partial charge >= 0.3 is 0 Å². The van der Waals surface area contributed by atoms with E-state index in [-0.39, 0.29) is 11.9 Å². The highest BCUT2D eigenvalue weighted by Crippen LogP contribution is 2.13. The topological polar surface area (TPSA) is 45.7 Å². The monoisotopic (exact) mass is 333 g/mol. The average Bonchev–Trinajstić information content (AvgIpc) is 2.48. The number of rotatable bonds is 5. The summed E-state index contributed by atoms with van der Waals surface area (Å²) in [6, 6.07) is 18.0. The summed E-state index contributed by atoms with van der Waals surface area (Å²) in [6.07, 6.45) is 0. The molecule has 0 aliphatic rings. The van der Waals surface area contributed by atoms with Gasteiger partial charge in [-0.05, 0) is 31.2 Å². The molecule has 0 aliphatic heterocycles. The Bertz CT molecular complexity index is 554. The molecule has 2 aromatic carbocycles. The number of benzene rings is 2. The molecule has 4 heteroatoms. The van der Waals surface area contributed by atoms with Crippen molar-refractivity contribution in [3.05, 3.63) is 64.6 Å². The molecule has 2 aromatic rings. The summed E-state index contributed by atoms with van der Waals surface area (Å²) in [5.41, 5.74) is 2.04. The number of amides is 1. The van der Waals surface area contributed by atoms with Crippen molar-refractivity contribution in [3.63, 3.8) is 0 Å². The second-order valence-corrected chi connectivity index (χ2v) is 5.61. The zero-order chi connectivity index (χ0) is 14.4. The molecule has 0 saturated carbocycles. The summed E-state index contributed by atoms with van der Waals surface area (Å²) in [6.45, 7) is 2.51. The molecular formula is C16H18BrN2O+. The van der Waals surface area contributed by atoms with E-state index in [0.717, 1.165) is 10.2 Å². The lowest BCUT2D eigenvalue weighted by molar-refractivity contribution is -0.682. The molecule has 0 fully saturated rings. The number of halogens is 1. The fourth-order valence-electron chi connectivity index (χ4n) is 1.92. The molecule has 104 valence electrons. The number of carbonyl (C=O) groups excluding carboxylic acids is 1. The molecule has 3 N–H and O–H groups in total. The first kappa shape index (κ1) is 14.8. The maximum atomic E-state index is 11.9. The smallest absolute Gasteiger partial charge is 0.279 e. The van der Waals surface area contributed by atoms with Crippen molar-refractivity contribution in [3.8, 4) is 0 Å². The van der Waals surface area contributed by atoms with Gasteiger partial charge in [-0.2, -0.15) is 0 Å². The van der Waals surface area contributed by atoms with Gasteiger partial charge in [0.1, 0.15) is 6.04 Å². The van der Waals surface area contributed by atoms with Gasteiger partial charge in [-0.3, -0.25) is 4.79 Å². The highest BCUT2D eigenvalue weighted by atomic mass is 79.9. The SMILES string of the molecule is C[C@H]([NH2+]CC(=O)Nc1ccc(Br)cc1)c1ccccc1. The number of nitrogens with one attached hydrogen (secondary N) is 1. The third-order valence-corrected chi connectivity index (χ3v) is 3.64. The zero-order valence-corrected chi connectivity index (χ0v) is 12.9. The third-order valence-electron chi connectivity index (χ3n) is 3.11. The van der Waals surface area contributed by atoms with Gasteiger partial charge < -0.3 is 10.6 Å². The first-order chi connectivity index (χ1) is 9.65. The number of hydrogen-bond donors (Lipinski definition) is 2. The van der Waals surface area contributed by atoms with Crippen LogP contribution in [0, 0.1) is 0 Å². The molecule has 0 spiro atoms. The van der Waals surface area contributed by atoms with Gasteiger partial charge in [0.15, 0.2) is 6.54 Å². The third kappa shape index (κ3) is 4.47. The van der Waals surface area contributed by atoms with Gasteiger partial charge in [-0.25, -0.2) is 0 Å². The Morgan fingerprint density at radius 2 is 1.80 bits per heavy atom. The van der Waals surface area contributed by atoms with E-state index < -0.39 is 0 Å². The minimum Gasteiger partial charge on any atom is -0.333 e. The lowest BCUT2D eigenvalue weighted by Gasteiger charge is -2.11. The van der Waals surface area contributed by atoms with E-state index in [0.29, 0.717) is 6.54 Å². The number of hydrogen-bond acceptors (Lipinski definition) is 1. The Morgan fingerprint density at radius 3 is 2.45 bits per heavy atom. The van der Waals surface area contributed by atoms with E-state index >= 15 is 0 Å². The molecule has 0 aromatic heterocycles. The highest BCUT2D eigenvalue weighted by molar-refractivity contribution is 9.10. The average molecular weight is 334 g/mol. The fraction of sp³-hybridized carbons (Fsp3) is 0.188. The largest absolute Gasteiger partial charge is 0.333 e. The molecular weight excluding hydrogens is 316 g/mol. The van der Waals surface area contributed by atoms with Crippen molar-refractivity contribution in [2.45, 2.75) is 13.0 Å². The van der Waals surface area contributed by atoms with Crippen LogP contribution in [0.1, 0.15) is 18.5 Å². The predicted octanol–water partition coefficient (Wildman–Crippen LogP) is 2.71. The van der Waals surface area contributed by atoms with Gasteiger partial charge in [0, 0.05) is 15.7 Å². The van der Waals surface area contributed by atoms with Crippen molar-refractivity contribution < 1.29 is 10.1 Å². The van der Waals surface area contributed by atoms with Crippen LogP contribution in [0.25, 0.3) is 0 Å². The van der Waals surface area contributed by atoms with Crippen LogP contribution in [0.4, 0.5) is 5.69 Å². The second-order valence-electron chi connectivity index (χ2n) is 4.69. The number of anilines is 1. The van der Waals surface area contributed by atoms with Crippen LogP contribution >= 0.6 is 15.9 Å². The summed E-state index contributed by atoms with van der Waals surface area (Å²) in [4.78, 5) is 11.9. The first-order valence-corrected chi connectivity index (χ1v) is 7.38. The zero-order valence-electron chi connectivity index (χ0n) is 11.3. The Hall–Kier alpha value is -1.65. The van der Waals surface area contributed by atoms with Crippen LogP contribution in [0.15, 0.2) is 59.1 Å². The minimum atomic E-state index is 0.00936. The lowest BCUT2D eigenvalue weighted by Crippen LogP contribution is -2.86. The van der Waals surface area contributed by atoms with E-state index in [2.05, 4.69) is 40.3 Å². The first-order valence-electron chi connectivity index (χ1n) is 6.59. The van der Waals surface area contributed by atoms with Gasteiger partial charge in [-0.1, -0.05) is 46.3 Å². The van der Waals surface area contributed by atoms with E-state index in [1.165, 1.54) is 5.56 Å². The normalized spacial score (nSPS) is 11.9. The molecule has 20 heavy (non-hydrogen) atoms. The van der Waals surface area contributed by atoms with Crippen LogP contribution < -0.4 is 10.6 Å². The van der Waals surface area contributed by atoms with Crippen molar-refractivity contribution in [1.82, 2.24) is 0 Å². The van der Waals surface area contributed by atoms with E-state index in [9.17, 15) is 4.79 Å². The van der Waals surface area contributed by atoms with Crippen LogP contribution in [0.2, 0.25) is 0 Å². The van der Waals surface area contributed by atoms with E-state index in [1.807, 2.05) is 47.8 Å². The number of quaternary nitrogens is 1. The molecule has 2 rings (SSSR count). The summed E-state index contributed by atoms with van der Waals surface area (Å²) >= 11 is 3.37. The molecule has 0 saturated heterocycles. The summed E-state index contributed by atoms with van der Waals surface area (Å²) in [7, 11) is 0. The lowest BCUT2D eigenvalue weighted by atomic mass is 10.1. The van der Waals surface area contributed by atoms with Gasteiger partial charge in [0.25, 0.3) is 5.91 Å². The Labute approximate surface area is 127 Å². The highest BCUT2D eigenvalue weighted by Gasteiger charge is 2.11. The standard InChI is InChI=1S/C16H17BrN2O/c1-12(13-5-3-2-4-6-13)18-11-16(20)19-15-9-7-14(17)8-10-15/h2-10,12,18H,11H2,1H3,(H,19,20)/p+1/t12-/m0/s1. The molecule has 1 amide bonds. The molecule has 1 atom stereocenters. The van der Waals surface area contributed by atoms with Crippen molar-refractivity contribution in [1.29, 1.82) is 0 Å². The Balaban J connectivity index is 1.82. The van der Waals surface area contributed by atoms with Crippen molar-refractivity contribution in [2.24, 2.45) is 0 Å². The molecule has 0 aliphatic carbocycles. The van der Waals surface area contributed by atoms with Crippen LogP contribution in [-0.2, 0) is 4.79 Å². The van der Waals surface area contributed by atoms with E-state index in [1.54, 1.807) is 0 Å². The minimum absolute atomic E-state index is 0.00936. The van der Waals surface area contributed by atoms with Crippen molar-refractivity contribution in [2.75, 3.05) is 11.9 Å². The molecule has 3 nitrogen and oxygen atoms in total. The van der Waals surface area contributed by atoms with Crippen LogP contribution in [0.3, 0.4) is 0 Å². The van der Waals surface area contributed by atoms with Crippen LogP contribution in [0.5, 0.6) is 0 Å².